The fourth-order valence-electron chi connectivity index (χ4n) is 3.26. The summed E-state index contributed by atoms with van der Waals surface area (Å²) in [6.45, 7) is 1.55. The lowest BCUT2D eigenvalue weighted by Gasteiger charge is -2.33. The summed E-state index contributed by atoms with van der Waals surface area (Å²) in [5.41, 5.74) is 0.853. The Hall–Kier alpha value is -2.33. The third-order valence-corrected chi connectivity index (χ3v) is 7.05. The van der Waals surface area contributed by atoms with Crippen LogP contribution < -0.4 is 0 Å². The van der Waals surface area contributed by atoms with Crippen LogP contribution in [0.2, 0.25) is 5.02 Å². The number of aromatic nitrogens is 1. The van der Waals surface area contributed by atoms with Gasteiger partial charge in [-0.2, -0.15) is 4.31 Å². The van der Waals surface area contributed by atoms with E-state index in [0.717, 1.165) is 22.0 Å². The van der Waals surface area contributed by atoms with Crippen LogP contribution in [0.4, 0.5) is 8.78 Å². The van der Waals surface area contributed by atoms with Crippen LogP contribution in [0.15, 0.2) is 58.0 Å². The van der Waals surface area contributed by atoms with Gasteiger partial charge >= 0.3 is 0 Å². The third-order valence-electron chi connectivity index (χ3n) is 4.88. The molecule has 2 heterocycles. The highest BCUT2D eigenvalue weighted by molar-refractivity contribution is 7.89. The second kappa shape index (κ2) is 8.43. The van der Waals surface area contributed by atoms with Crippen LogP contribution in [-0.2, 0) is 16.6 Å². The molecule has 30 heavy (non-hydrogen) atoms. The van der Waals surface area contributed by atoms with Crippen LogP contribution in [0.3, 0.4) is 0 Å². The number of oxazole rings is 1. The molecule has 0 bridgehead atoms. The van der Waals surface area contributed by atoms with E-state index < -0.39 is 26.6 Å². The molecule has 0 saturated carbocycles. The second-order valence-electron chi connectivity index (χ2n) is 6.88. The molecular weight excluding hydrogens is 436 g/mol. The number of nitrogens with zero attached hydrogens (tertiary/aromatic N) is 3. The topological polar surface area (TPSA) is 66.7 Å². The molecule has 158 valence electrons. The Morgan fingerprint density at radius 1 is 1.03 bits per heavy atom. The van der Waals surface area contributed by atoms with Crippen LogP contribution in [-0.4, -0.2) is 48.8 Å². The van der Waals surface area contributed by atoms with E-state index in [1.807, 2.05) is 17.0 Å². The molecule has 1 saturated heterocycles. The molecule has 1 aromatic heterocycles. The summed E-state index contributed by atoms with van der Waals surface area (Å²) < 4.78 is 59.6. The van der Waals surface area contributed by atoms with Crippen molar-refractivity contribution >= 4 is 21.6 Å². The van der Waals surface area contributed by atoms with Gasteiger partial charge < -0.3 is 4.42 Å². The fraction of sp³-hybridized carbons (Fsp3) is 0.250. The number of rotatable bonds is 5. The van der Waals surface area contributed by atoms with Crippen molar-refractivity contribution in [3.05, 3.63) is 71.2 Å². The minimum absolute atomic E-state index is 0.156. The standard InChI is InChI=1S/C20H18ClF2N3O3S/c21-15-3-1-14(2-4-15)18-12-24-20(29-18)13-25-7-9-26(10-8-25)30(27,28)19-11-16(22)5-6-17(19)23/h1-6,11-12H,7-10,13H2. The molecule has 0 amide bonds. The Morgan fingerprint density at radius 2 is 1.73 bits per heavy atom. The maximum absolute atomic E-state index is 13.9. The average molecular weight is 454 g/mol. The van der Waals surface area contributed by atoms with Gasteiger partial charge in [0, 0.05) is 36.8 Å². The lowest BCUT2D eigenvalue weighted by atomic mass is 10.2. The van der Waals surface area contributed by atoms with Gasteiger partial charge in [-0.3, -0.25) is 4.90 Å². The Labute approximate surface area is 177 Å². The highest BCUT2D eigenvalue weighted by atomic mass is 35.5. The van der Waals surface area contributed by atoms with Gasteiger partial charge in [0.05, 0.1) is 12.7 Å². The van der Waals surface area contributed by atoms with Gasteiger partial charge in [-0.25, -0.2) is 22.2 Å². The molecule has 1 fully saturated rings. The van der Waals surface area contributed by atoms with Crippen molar-refractivity contribution in [2.24, 2.45) is 0 Å². The molecule has 0 radical (unpaired) electrons. The summed E-state index contributed by atoms with van der Waals surface area (Å²) in [6.07, 6.45) is 1.63. The first-order valence-corrected chi connectivity index (χ1v) is 11.0. The molecular formula is C20H18ClF2N3O3S. The molecule has 1 aliphatic rings. The van der Waals surface area contributed by atoms with Crippen molar-refractivity contribution in [1.82, 2.24) is 14.2 Å². The molecule has 0 unspecified atom stereocenters. The van der Waals surface area contributed by atoms with Gasteiger partial charge in [0.1, 0.15) is 16.5 Å². The van der Waals surface area contributed by atoms with Crippen molar-refractivity contribution in [1.29, 1.82) is 0 Å². The molecule has 4 rings (SSSR count). The Balaban J connectivity index is 1.39. The smallest absolute Gasteiger partial charge is 0.246 e. The van der Waals surface area contributed by atoms with Crippen molar-refractivity contribution in [3.63, 3.8) is 0 Å². The Morgan fingerprint density at radius 3 is 2.43 bits per heavy atom. The lowest BCUT2D eigenvalue weighted by Crippen LogP contribution is -2.48. The summed E-state index contributed by atoms with van der Waals surface area (Å²) in [7, 11) is -4.11. The number of benzene rings is 2. The minimum atomic E-state index is -4.11. The maximum Gasteiger partial charge on any atom is 0.246 e. The van der Waals surface area contributed by atoms with E-state index in [1.165, 1.54) is 0 Å². The van der Waals surface area contributed by atoms with Gasteiger partial charge in [-0.05, 0) is 42.5 Å². The van der Waals surface area contributed by atoms with Gasteiger partial charge in [0.15, 0.2) is 5.76 Å². The van der Waals surface area contributed by atoms with Crippen LogP contribution in [0.25, 0.3) is 11.3 Å². The monoisotopic (exact) mass is 453 g/mol. The Kier molecular flexibility index (Phi) is 5.88. The maximum atomic E-state index is 13.9. The van der Waals surface area contributed by atoms with Gasteiger partial charge in [0.25, 0.3) is 0 Å². The number of halogens is 3. The molecule has 3 aromatic rings. The quantitative estimate of drug-likeness (QED) is 0.588. The largest absolute Gasteiger partial charge is 0.439 e. The predicted molar refractivity (Wildman–Crippen MR) is 107 cm³/mol. The van der Waals surface area contributed by atoms with Crippen molar-refractivity contribution in [2.45, 2.75) is 11.4 Å². The average Bonchev–Trinajstić information content (AvgIpc) is 3.19. The van der Waals surface area contributed by atoms with Crippen LogP contribution in [0.5, 0.6) is 0 Å². The third kappa shape index (κ3) is 4.39. The number of sulfonamides is 1. The number of hydrogen-bond acceptors (Lipinski definition) is 5. The summed E-state index contributed by atoms with van der Waals surface area (Å²) >= 11 is 5.89. The molecule has 1 aliphatic heterocycles. The summed E-state index contributed by atoms with van der Waals surface area (Å²) in [6, 6.07) is 9.62. The second-order valence-corrected chi connectivity index (χ2v) is 9.22. The highest BCUT2D eigenvalue weighted by Crippen LogP contribution is 2.24. The zero-order valence-electron chi connectivity index (χ0n) is 15.8. The van der Waals surface area contributed by atoms with Gasteiger partial charge in [-0.1, -0.05) is 11.6 Å². The summed E-state index contributed by atoms with van der Waals surface area (Å²) in [5, 5.41) is 0.629. The number of hydrogen-bond donors (Lipinski definition) is 0. The zero-order chi connectivity index (χ0) is 21.3. The van der Waals surface area contributed by atoms with E-state index in [0.29, 0.717) is 42.4 Å². The van der Waals surface area contributed by atoms with E-state index in [4.69, 9.17) is 16.0 Å². The first-order chi connectivity index (χ1) is 14.3. The predicted octanol–water partition coefficient (Wildman–Crippen LogP) is 3.78. The lowest BCUT2D eigenvalue weighted by molar-refractivity contribution is 0.168. The molecule has 6 nitrogen and oxygen atoms in total. The van der Waals surface area contributed by atoms with E-state index in [2.05, 4.69) is 4.98 Å². The van der Waals surface area contributed by atoms with E-state index in [9.17, 15) is 17.2 Å². The summed E-state index contributed by atoms with van der Waals surface area (Å²) in [5.74, 6) is -0.640. The van der Waals surface area contributed by atoms with E-state index in [-0.39, 0.29) is 13.1 Å². The molecule has 0 aliphatic carbocycles. The first kappa shape index (κ1) is 20.9. The van der Waals surface area contributed by atoms with Crippen molar-refractivity contribution in [2.75, 3.05) is 26.2 Å². The molecule has 10 heteroatoms. The van der Waals surface area contributed by atoms with Crippen LogP contribution >= 0.6 is 11.6 Å². The fourth-order valence-corrected chi connectivity index (χ4v) is 4.89. The van der Waals surface area contributed by atoms with Gasteiger partial charge in [-0.15, -0.1) is 0 Å². The van der Waals surface area contributed by atoms with Crippen LogP contribution in [0.1, 0.15) is 5.89 Å². The Bertz CT molecular complexity index is 1140. The van der Waals surface area contributed by atoms with E-state index in [1.54, 1.807) is 18.3 Å². The first-order valence-electron chi connectivity index (χ1n) is 9.21. The molecule has 0 N–H and O–H groups in total. The molecule has 0 atom stereocenters. The van der Waals surface area contributed by atoms with Crippen LogP contribution in [0, 0.1) is 11.6 Å². The molecule has 2 aromatic carbocycles. The zero-order valence-corrected chi connectivity index (χ0v) is 17.3. The van der Waals surface area contributed by atoms with Crippen molar-refractivity contribution < 1.29 is 21.6 Å². The van der Waals surface area contributed by atoms with E-state index >= 15 is 0 Å². The SMILES string of the molecule is O=S(=O)(c1cc(F)ccc1F)N1CCN(Cc2ncc(-c3ccc(Cl)cc3)o2)CC1. The highest BCUT2D eigenvalue weighted by Gasteiger charge is 2.31. The minimum Gasteiger partial charge on any atom is -0.439 e. The molecule has 0 spiro atoms. The number of piperazine rings is 1. The summed E-state index contributed by atoms with van der Waals surface area (Å²) in [4.78, 5) is 5.63. The normalized spacial score (nSPS) is 16.1. The van der Waals surface area contributed by atoms with Gasteiger partial charge in [0.2, 0.25) is 15.9 Å². The van der Waals surface area contributed by atoms with Crippen molar-refractivity contribution in [3.8, 4) is 11.3 Å².